The summed E-state index contributed by atoms with van der Waals surface area (Å²) in [5.74, 6) is 1.56. The van der Waals surface area contributed by atoms with Crippen LogP contribution in [0.2, 0.25) is 0 Å². The summed E-state index contributed by atoms with van der Waals surface area (Å²) >= 11 is 0. The van der Waals surface area contributed by atoms with Crippen molar-refractivity contribution in [1.29, 1.82) is 0 Å². The number of hydrogen-bond acceptors (Lipinski definition) is 4. The summed E-state index contributed by atoms with van der Waals surface area (Å²) in [7, 11) is 0. The number of pyridine rings is 1. The fraction of sp³-hybridized carbons (Fsp3) is 0.667. The highest BCUT2D eigenvalue weighted by molar-refractivity contribution is 14.0. The maximum Gasteiger partial charge on any atom is 0.224 e. The van der Waals surface area contributed by atoms with E-state index in [-0.39, 0.29) is 29.9 Å². The molecule has 0 bridgehead atoms. The molecule has 1 heterocycles. The lowest BCUT2D eigenvalue weighted by molar-refractivity contribution is -0.130. The van der Waals surface area contributed by atoms with Gasteiger partial charge in [0.15, 0.2) is 5.96 Å². The van der Waals surface area contributed by atoms with E-state index in [1.165, 1.54) is 12.8 Å². The van der Waals surface area contributed by atoms with E-state index < -0.39 is 0 Å². The number of aromatic nitrogens is 1. The van der Waals surface area contributed by atoms with Crippen molar-refractivity contribution in [2.24, 2.45) is 4.99 Å². The van der Waals surface area contributed by atoms with Gasteiger partial charge in [-0.05, 0) is 58.1 Å². The molecule has 1 fully saturated rings. The number of aliphatic imine (C=N–C) groups is 1. The SMILES string of the molecule is CCNC(=NCc1ccnc(OC2CCCC2)c1)NCCC(=O)N(CC)CC.I. The molecule has 1 amide bonds. The summed E-state index contributed by atoms with van der Waals surface area (Å²) in [6.07, 6.45) is 7.24. The highest BCUT2D eigenvalue weighted by Gasteiger charge is 2.17. The Morgan fingerprint density at radius 1 is 1.24 bits per heavy atom. The molecule has 0 spiro atoms. The van der Waals surface area contributed by atoms with Crippen molar-refractivity contribution in [3.63, 3.8) is 0 Å². The molecule has 7 nitrogen and oxygen atoms in total. The van der Waals surface area contributed by atoms with E-state index in [0.717, 1.165) is 38.0 Å². The van der Waals surface area contributed by atoms with Crippen LogP contribution in [0.5, 0.6) is 5.88 Å². The lowest BCUT2D eigenvalue weighted by atomic mass is 10.2. The Labute approximate surface area is 192 Å². The van der Waals surface area contributed by atoms with Gasteiger partial charge in [0.1, 0.15) is 6.10 Å². The standard InChI is InChI=1S/C21H35N5O2.HI/c1-4-22-21(24-14-12-20(27)26(5-2)6-3)25-16-17-11-13-23-19(15-17)28-18-9-7-8-10-18;/h11,13,15,18H,4-10,12,14,16H2,1-3H3,(H2,22,24,25);1H. The molecule has 1 aliphatic rings. The van der Waals surface area contributed by atoms with Crippen molar-refractivity contribution in [3.8, 4) is 5.88 Å². The Bertz CT molecular complexity index is 631. The van der Waals surface area contributed by atoms with Crippen LogP contribution in [0.3, 0.4) is 0 Å². The molecule has 164 valence electrons. The van der Waals surface area contributed by atoms with E-state index in [0.29, 0.717) is 37.5 Å². The van der Waals surface area contributed by atoms with Gasteiger partial charge in [-0.15, -0.1) is 24.0 Å². The lowest BCUT2D eigenvalue weighted by Gasteiger charge is -2.19. The van der Waals surface area contributed by atoms with Crippen LogP contribution < -0.4 is 15.4 Å². The molecule has 0 atom stereocenters. The van der Waals surface area contributed by atoms with Crippen molar-refractivity contribution < 1.29 is 9.53 Å². The van der Waals surface area contributed by atoms with Gasteiger partial charge in [-0.2, -0.15) is 0 Å². The number of halogens is 1. The highest BCUT2D eigenvalue weighted by Crippen LogP contribution is 2.23. The molecule has 1 aromatic rings. The monoisotopic (exact) mass is 517 g/mol. The number of carbonyl (C=O) groups excluding carboxylic acids is 1. The Morgan fingerprint density at radius 2 is 1.97 bits per heavy atom. The van der Waals surface area contributed by atoms with Gasteiger partial charge in [-0.1, -0.05) is 0 Å². The minimum absolute atomic E-state index is 0. The van der Waals surface area contributed by atoms with Gasteiger partial charge in [-0.3, -0.25) is 4.79 Å². The molecule has 0 aliphatic heterocycles. The van der Waals surface area contributed by atoms with Crippen LogP contribution in [-0.2, 0) is 11.3 Å². The summed E-state index contributed by atoms with van der Waals surface area (Å²) in [6.45, 7) is 9.38. The molecule has 1 aliphatic carbocycles. The van der Waals surface area contributed by atoms with E-state index in [2.05, 4.69) is 20.6 Å². The predicted octanol–water partition coefficient (Wildman–Crippen LogP) is 3.33. The van der Waals surface area contributed by atoms with E-state index in [4.69, 9.17) is 4.74 Å². The predicted molar refractivity (Wildman–Crippen MR) is 128 cm³/mol. The normalized spacial score (nSPS) is 14.2. The lowest BCUT2D eigenvalue weighted by Crippen LogP contribution is -2.40. The Hall–Kier alpha value is -1.58. The maximum atomic E-state index is 12.1. The van der Waals surface area contributed by atoms with Crippen LogP contribution in [0.15, 0.2) is 23.3 Å². The molecule has 0 unspecified atom stereocenters. The smallest absolute Gasteiger partial charge is 0.224 e. The largest absolute Gasteiger partial charge is 0.474 e. The Morgan fingerprint density at radius 3 is 2.62 bits per heavy atom. The number of carbonyl (C=O) groups is 1. The van der Waals surface area contributed by atoms with Crippen LogP contribution in [-0.4, -0.2) is 54.0 Å². The molecule has 2 rings (SSSR count). The topological polar surface area (TPSA) is 78.9 Å². The number of guanidine groups is 1. The van der Waals surface area contributed by atoms with Gasteiger partial charge >= 0.3 is 0 Å². The zero-order valence-electron chi connectivity index (χ0n) is 17.9. The van der Waals surface area contributed by atoms with Crippen molar-refractivity contribution in [1.82, 2.24) is 20.5 Å². The number of amides is 1. The van der Waals surface area contributed by atoms with Gasteiger partial charge < -0.3 is 20.3 Å². The van der Waals surface area contributed by atoms with Crippen LogP contribution in [0.25, 0.3) is 0 Å². The second kappa shape index (κ2) is 14.4. The second-order valence-electron chi connectivity index (χ2n) is 6.96. The molecular weight excluding hydrogens is 481 g/mol. The molecule has 0 aromatic carbocycles. The quantitative estimate of drug-likeness (QED) is 0.283. The first-order chi connectivity index (χ1) is 13.7. The maximum absolute atomic E-state index is 12.1. The van der Waals surface area contributed by atoms with Gasteiger partial charge in [0.2, 0.25) is 11.8 Å². The minimum Gasteiger partial charge on any atom is -0.474 e. The summed E-state index contributed by atoms with van der Waals surface area (Å²) in [5.41, 5.74) is 1.06. The molecule has 29 heavy (non-hydrogen) atoms. The van der Waals surface area contributed by atoms with E-state index in [1.54, 1.807) is 6.20 Å². The fourth-order valence-electron chi connectivity index (χ4n) is 3.32. The number of nitrogens with one attached hydrogen (secondary N) is 2. The minimum atomic E-state index is 0. The second-order valence-corrected chi connectivity index (χ2v) is 6.96. The number of nitrogens with zero attached hydrogens (tertiary/aromatic N) is 3. The molecule has 1 saturated carbocycles. The molecule has 8 heteroatoms. The molecule has 1 aromatic heterocycles. The van der Waals surface area contributed by atoms with Crippen LogP contribution in [0.1, 0.15) is 58.4 Å². The first-order valence-electron chi connectivity index (χ1n) is 10.6. The first kappa shape index (κ1) is 25.5. The summed E-state index contributed by atoms with van der Waals surface area (Å²) < 4.78 is 5.97. The third kappa shape index (κ3) is 9.18. The zero-order chi connectivity index (χ0) is 20.2. The van der Waals surface area contributed by atoms with Gasteiger partial charge in [0, 0.05) is 44.9 Å². The van der Waals surface area contributed by atoms with E-state index in [1.807, 2.05) is 37.8 Å². The molecule has 0 radical (unpaired) electrons. The van der Waals surface area contributed by atoms with E-state index in [9.17, 15) is 4.79 Å². The third-order valence-corrected chi connectivity index (χ3v) is 4.90. The number of hydrogen-bond donors (Lipinski definition) is 2. The van der Waals surface area contributed by atoms with Gasteiger partial charge in [0.25, 0.3) is 0 Å². The molecular formula is C21H36IN5O2. The van der Waals surface area contributed by atoms with Gasteiger partial charge in [0.05, 0.1) is 6.54 Å². The molecule has 2 N–H and O–H groups in total. The zero-order valence-corrected chi connectivity index (χ0v) is 20.3. The van der Waals surface area contributed by atoms with Crippen molar-refractivity contribution >= 4 is 35.8 Å². The van der Waals surface area contributed by atoms with Gasteiger partial charge in [-0.25, -0.2) is 9.98 Å². The van der Waals surface area contributed by atoms with E-state index >= 15 is 0 Å². The number of ether oxygens (including phenoxy) is 1. The van der Waals surface area contributed by atoms with Crippen LogP contribution in [0.4, 0.5) is 0 Å². The summed E-state index contributed by atoms with van der Waals surface area (Å²) in [5, 5.41) is 6.47. The van der Waals surface area contributed by atoms with Crippen molar-refractivity contribution in [2.45, 2.75) is 65.5 Å². The molecule has 0 saturated heterocycles. The van der Waals surface area contributed by atoms with Crippen molar-refractivity contribution in [2.75, 3.05) is 26.2 Å². The van der Waals surface area contributed by atoms with Crippen LogP contribution >= 0.6 is 24.0 Å². The summed E-state index contributed by atoms with van der Waals surface area (Å²) in [6, 6.07) is 3.92. The fourth-order valence-corrected chi connectivity index (χ4v) is 3.32. The first-order valence-corrected chi connectivity index (χ1v) is 10.6. The summed E-state index contributed by atoms with van der Waals surface area (Å²) in [4.78, 5) is 22.9. The Balaban J connectivity index is 0.00000420. The number of rotatable bonds is 10. The van der Waals surface area contributed by atoms with Crippen LogP contribution in [0, 0.1) is 0 Å². The average Bonchev–Trinajstić information content (AvgIpc) is 3.20. The average molecular weight is 517 g/mol. The highest BCUT2D eigenvalue weighted by atomic mass is 127. The third-order valence-electron chi connectivity index (χ3n) is 4.90. The Kier molecular flexibility index (Phi) is 12.6. The van der Waals surface area contributed by atoms with Crippen molar-refractivity contribution in [3.05, 3.63) is 23.9 Å².